The van der Waals surface area contributed by atoms with Crippen LogP contribution in [0.3, 0.4) is 0 Å². The van der Waals surface area contributed by atoms with E-state index in [0.717, 1.165) is 28.9 Å². The minimum atomic E-state index is -0.00319. The maximum atomic E-state index is 11.6. The van der Waals surface area contributed by atoms with Crippen LogP contribution < -0.4 is 5.56 Å². The van der Waals surface area contributed by atoms with Gasteiger partial charge in [-0.1, -0.05) is 13.8 Å². The smallest absolute Gasteiger partial charge is 0.268 e. The molecule has 0 saturated heterocycles. The average Bonchev–Trinajstić information content (AvgIpc) is 2.61. The minimum Gasteiger partial charge on any atom is -0.309 e. The van der Waals surface area contributed by atoms with E-state index in [1.165, 1.54) is 16.2 Å². The molecule has 2 aromatic rings. The number of thiophene rings is 1. The first-order valence-electron chi connectivity index (χ1n) is 4.76. The van der Waals surface area contributed by atoms with E-state index >= 15 is 0 Å². The molecular formula is C10H12N2OS. The lowest BCUT2D eigenvalue weighted by Crippen LogP contribution is -2.09. The van der Waals surface area contributed by atoms with Crippen LogP contribution in [-0.2, 0) is 12.8 Å². The third-order valence-electron chi connectivity index (χ3n) is 2.17. The summed E-state index contributed by atoms with van der Waals surface area (Å²) >= 11 is 1.54. The summed E-state index contributed by atoms with van der Waals surface area (Å²) in [7, 11) is 0. The lowest BCUT2D eigenvalue weighted by Gasteiger charge is -1.94. The summed E-state index contributed by atoms with van der Waals surface area (Å²) in [5.74, 6) is 0.767. The van der Waals surface area contributed by atoms with Crippen LogP contribution in [0.4, 0.5) is 0 Å². The van der Waals surface area contributed by atoms with Crippen LogP contribution in [0.1, 0.15) is 24.5 Å². The van der Waals surface area contributed by atoms with Crippen LogP contribution in [0.2, 0.25) is 0 Å². The van der Waals surface area contributed by atoms with Crippen molar-refractivity contribution in [2.45, 2.75) is 26.7 Å². The van der Waals surface area contributed by atoms with Gasteiger partial charge in [-0.05, 0) is 12.5 Å². The summed E-state index contributed by atoms with van der Waals surface area (Å²) in [5, 5.41) is 0. The number of rotatable bonds is 2. The molecule has 0 aliphatic heterocycles. The largest absolute Gasteiger partial charge is 0.309 e. The number of fused-ring (bicyclic) bond motifs is 1. The Hall–Kier alpha value is -1.16. The predicted molar refractivity (Wildman–Crippen MR) is 59.0 cm³/mol. The van der Waals surface area contributed by atoms with Gasteiger partial charge in [0.1, 0.15) is 10.5 Å². The molecule has 3 nitrogen and oxygen atoms in total. The van der Waals surface area contributed by atoms with Gasteiger partial charge in [0.15, 0.2) is 0 Å². The highest BCUT2D eigenvalue weighted by atomic mass is 32.1. The summed E-state index contributed by atoms with van der Waals surface area (Å²) < 4.78 is 0.749. The molecule has 0 fully saturated rings. The first kappa shape index (κ1) is 9.40. The van der Waals surface area contributed by atoms with Crippen molar-refractivity contribution in [2.24, 2.45) is 0 Å². The van der Waals surface area contributed by atoms with Crippen molar-refractivity contribution >= 4 is 21.6 Å². The van der Waals surface area contributed by atoms with Gasteiger partial charge in [0.2, 0.25) is 0 Å². The van der Waals surface area contributed by atoms with Crippen LogP contribution in [0, 0.1) is 0 Å². The Balaban J connectivity index is 2.73. The first-order chi connectivity index (χ1) is 6.74. The number of hydrogen-bond acceptors (Lipinski definition) is 3. The molecule has 0 atom stereocenters. The Morgan fingerprint density at radius 1 is 1.43 bits per heavy atom. The fourth-order valence-electron chi connectivity index (χ4n) is 1.38. The van der Waals surface area contributed by atoms with Crippen LogP contribution in [0.15, 0.2) is 10.9 Å². The number of aromatic amines is 1. The van der Waals surface area contributed by atoms with E-state index in [-0.39, 0.29) is 5.56 Å². The summed E-state index contributed by atoms with van der Waals surface area (Å²) in [6, 6.07) is 2.01. The van der Waals surface area contributed by atoms with Crippen molar-refractivity contribution in [3.05, 3.63) is 27.1 Å². The monoisotopic (exact) mass is 208 g/mol. The SMILES string of the molecule is CCc1nc2cc(CC)sc2c(=O)[nH]1. The highest BCUT2D eigenvalue weighted by molar-refractivity contribution is 7.18. The zero-order valence-corrected chi connectivity index (χ0v) is 9.07. The first-order valence-corrected chi connectivity index (χ1v) is 5.57. The molecule has 0 aliphatic carbocycles. The highest BCUT2D eigenvalue weighted by Crippen LogP contribution is 2.20. The Morgan fingerprint density at radius 2 is 2.21 bits per heavy atom. The molecule has 74 valence electrons. The van der Waals surface area contributed by atoms with Gasteiger partial charge < -0.3 is 4.98 Å². The molecule has 0 unspecified atom stereocenters. The lowest BCUT2D eigenvalue weighted by atomic mass is 10.3. The van der Waals surface area contributed by atoms with Gasteiger partial charge in [-0.2, -0.15) is 0 Å². The average molecular weight is 208 g/mol. The van der Waals surface area contributed by atoms with E-state index in [9.17, 15) is 4.79 Å². The van der Waals surface area contributed by atoms with Crippen LogP contribution in [-0.4, -0.2) is 9.97 Å². The third kappa shape index (κ3) is 1.46. The number of aryl methyl sites for hydroxylation is 2. The molecule has 0 aliphatic rings. The van der Waals surface area contributed by atoms with E-state index in [2.05, 4.69) is 16.9 Å². The Morgan fingerprint density at radius 3 is 2.86 bits per heavy atom. The third-order valence-corrected chi connectivity index (χ3v) is 3.43. The van der Waals surface area contributed by atoms with Gasteiger partial charge in [0.25, 0.3) is 5.56 Å². The van der Waals surface area contributed by atoms with Crippen molar-refractivity contribution < 1.29 is 0 Å². The number of aromatic nitrogens is 2. The van der Waals surface area contributed by atoms with Crippen molar-refractivity contribution in [2.75, 3.05) is 0 Å². The molecule has 0 aromatic carbocycles. The molecular weight excluding hydrogens is 196 g/mol. The normalized spacial score (nSPS) is 11.0. The van der Waals surface area contributed by atoms with Crippen molar-refractivity contribution in [3.63, 3.8) is 0 Å². The minimum absolute atomic E-state index is 0.00319. The Bertz CT molecular complexity index is 512. The van der Waals surface area contributed by atoms with Gasteiger partial charge in [-0.15, -0.1) is 11.3 Å². The summed E-state index contributed by atoms with van der Waals surface area (Å²) in [4.78, 5) is 20.0. The van der Waals surface area contributed by atoms with Crippen molar-refractivity contribution in [1.29, 1.82) is 0 Å². The molecule has 4 heteroatoms. The molecule has 0 amide bonds. The van der Waals surface area contributed by atoms with E-state index in [1.54, 1.807) is 0 Å². The molecule has 1 N–H and O–H groups in total. The quantitative estimate of drug-likeness (QED) is 0.821. The van der Waals surface area contributed by atoms with Gasteiger partial charge in [-0.25, -0.2) is 4.98 Å². The molecule has 14 heavy (non-hydrogen) atoms. The second kappa shape index (κ2) is 3.53. The van der Waals surface area contributed by atoms with Gasteiger partial charge >= 0.3 is 0 Å². The number of nitrogens with one attached hydrogen (secondary N) is 1. The van der Waals surface area contributed by atoms with Crippen LogP contribution in [0.5, 0.6) is 0 Å². The second-order valence-corrected chi connectivity index (χ2v) is 4.28. The molecule has 2 rings (SSSR count). The van der Waals surface area contributed by atoms with E-state index in [0.29, 0.717) is 0 Å². The number of nitrogens with zero attached hydrogens (tertiary/aromatic N) is 1. The summed E-state index contributed by atoms with van der Waals surface area (Å²) in [5.41, 5.74) is 0.837. The predicted octanol–water partition coefficient (Wildman–Crippen LogP) is 2.11. The Labute approximate surface area is 85.8 Å². The summed E-state index contributed by atoms with van der Waals surface area (Å²) in [6.45, 7) is 4.07. The van der Waals surface area contributed by atoms with Gasteiger partial charge in [0.05, 0.1) is 5.52 Å². The molecule has 2 heterocycles. The van der Waals surface area contributed by atoms with Crippen molar-refractivity contribution in [1.82, 2.24) is 9.97 Å². The molecule has 2 aromatic heterocycles. The van der Waals surface area contributed by atoms with Crippen LogP contribution >= 0.6 is 11.3 Å². The van der Waals surface area contributed by atoms with Gasteiger partial charge in [-0.3, -0.25) is 4.79 Å². The van der Waals surface area contributed by atoms with Crippen LogP contribution in [0.25, 0.3) is 10.2 Å². The fraction of sp³-hybridized carbons (Fsp3) is 0.400. The Kier molecular flexibility index (Phi) is 2.37. The lowest BCUT2D eigenvalue weighted by molar-refractivity contribution is 0.946. The maximum absolute atomic E-state index is 11.6. The van der Waals surface area contributed by atoms with E-state index in [4.69, 9.17) is 0 Å². The van der Waals surface area contributed by atoms with Crippen molar-refractivity contribution in [3.8, 4) is 0 Å². The molecule has 0 saturated carbocycles. The molecule has 0 radical (unpaired) electrons. The highest BCUT2D eigenvalue weighted by Gasteiger charge is 2.06. The molecule has 0 spiro atoms. The zero-order valence-electron chi connectivity index (χ0n) is 8.26. The second-order valence-electron chi connectivity index (χ2n) is 3.15. The molecule has 0 bridgehead atoms. The van der Waals surface area contributed by atoms with Gasteiger partial charge in [0, 0.05) is 11.3 Å². The maximum Gasteiger partial charge on any atom is 0.268 e. The van der Waals surface area contributed by atoms with E-state index < -0.39 is 0 Å². The zero-order chi connectivity index (χ0) is 10.1. The summed E-state index contributed by atoms with van der Waals surface area (Å²) in [6.07, 6.45) is 1.73. The number of H-pyrrole nitrogens is 1. The van der Waals surface area contributed by atoms with E-state index in [1.807, 2.05) is 13.0 Å². The fourth-order valence-corrected chi connectivity index (χ4v) is 2.31. The topological polar surface area (TPSA) is 45.8 Å². The standard InChI is InChI=1S/C10H12N2OS/c1-3-6-5-7-9(14-6)10(13)12-8(4-2)11-7/h5H,3-4H2,1-2H3,(H,11,12,13). The number of hydrogen-bond donors (Lipinski definition) is 1.